The van der Waals surface area contributed by atoms with Crippen molar-refractivity contribution in [1.82, 2.24) is 59.8 Å². The summed E-state index contributed by atoms with van der Waals surface area (Å²) < 4.78 is 23.9. The molecule has 18 heteroatoms. The Hall–Kier alpha value is -7.45. The molecule has 0 spiro atoms. The van der Waals surface area contributed by atoms with E-state index in [0.29, 0.717) is 17.6 Å². The van der Waals surface area contributed by atoms with Crippen LogP contribution >= 0.6 is 34.0 Å². The number of aryl methyl sites for hydroxylation is 4. The predicted molar refractivity (Wildman–Crippen MR) is 377 cm³/mol. The van der Waals surface area contributed by atoms with E-state index < -0.39 is 0 Å². The normalized spacial score (nSPS) is 17.6. The maximum absolute atomic E-state index is 14.6. The van der Waals surface area contributed by atoms with Gasteiger partial charge in [0.05, 0.1) is 53.1 Å². The summed E-state index contributed by atoms with van der Waals surface area (Å²) in [6.07, 6.45) is 17.0. The average Bonchev–Trinajstić information content (AvgIpc) is 1.65. The number of aromatic nitrogens is 9. The summed E-state index contributed by atoms with van der Waals surface area (Å²) in [5.41, 5.74) is 16.4. The Kier molecular flexibility index (Phi) is 16.1. The first-order chi connectivity index (χ1) is 42.7. The van der Waals surface area contributed by atoms with Crippen LogP contribution in [-0.4, -0.2) is 105 Å². The molecule has 0 aliphatic carbocycles. The van der Waals surface area contributed by atoms with E-state index >= 15 is 0 Å². The van der Waals surface area contributed by atoms with E-state index in [9.17, 15) is 4.39 Å². The molecule has 5 aromatic carbocycles. The highest BCUT2D eigenvalue weighted by Gasteiger charge is 2.41. The van der Waals surface area contributed by atoms with Gasteiger partial charge in [-0.1, -0.05) is 53.0 Å². The Balaban J connectivity index is 0.000000125. The van der Waals surface area contributed by atoms with E-state index in [1.807, 2.05) is 50.1 Å². The number of anilines is 2. The van der Waals surface area contributed by atoms with Crippen molar-refractivity contribution in [2.24, 2.45) is 14.1 Å². The highest BCUT2D eigenvalue weighted by atomic mass is 32.1. The number of halogens is 1. The Labute approximate surface area is 539 Å². The Morgan fingerprint density at radius 1 is 0.522 bits per heavy atom. The molecule has 0 atom stereocenters. The molecule has 3 aliphatic heterocycles. The lowest BCUT2D eigenvalue weighted by molar-refractivity contribution is 0.160. The summed E-state index contributed by atoms with van der Waals surface area (Å²) in [5.74, 6) is -0.293. The smallest absolute Gasteiger partial charge is 0.186 e. The number of rotatable bonds is 8. The summed E-state index contributed by atoms with van der Waals surface area (Å²) in [6, 6.07) is 32.6. The average molecular weight is 1260 g/mol. The highest BCUT2D eigenvalue weighted by molar-refractivity contribution is 7.22. The number of nitrogens with one attached hydrogen (secondary N) is 3. The van der Waals surface area contributed by atoms with Crippen molar-refractivity contribution in [2.45, 2.75) is 142 Å². The summed E-state index contributed by atoms with van der Waals surface area (Å²) >= 11 is 5.31. The molecule has 12 aromatic rings. The molecule has 15 rings (SSSR count). The van der Waals surface area contributed by atoms with Gasteiger partial charge >= 0.3 is 0 Å². The van der Waals surface area contributed by atoms with Crippen molar-refractivity contribution >= 4 is 108 Å². The lowest BCUT2D eigenvalue weighted by atomic mass is 9.79. The minimum Gasteiger partial charge on any atom is -0.348 e. The van der Waals surface area contributed by atoms with Crippen molar-refractivity contribution in [3.63, 3.8) is 0 Å². The van der Waals surface area contributed by atoms with Crippen LogP contribution in [0.2, 0.25) is 0 Å². The van der Waals surface area contributed by atoms with Gasteiger partial charge < -0.3 is 30.2 Å². The topological polar surface area (TPSA) is 134 Å². The second-order valence-corrected chi connectivity index (χ2v) is 31.0. The monoisotopic (exact) mass is 1260 g/mol. The molecule has 3 N–H and O–H groups in total. The van der Waals surface area contributed by atoms with E-state index in [0.717, 1.165) is 122 Å². The Morgan fingerprint density at radius 3 is 1.62 bits per heavy atom. The minimum atomic E-state index is -0.293. The maximum Gasteiger partial charge on any atom is 0.186 e. The van der Waals surface area contributed by atoms with Crippen LogP contribution in [0.15, 0.2) is 122 Å². The second-order valence-electron chi connectivity index (χ2n) is 28.0. The van der Waals surface area contributed by atoms with Gasteiger partial charge in [0.15, 0.2) is 16.1 Å². The predicted octanol–water partition coefficient (Wildman–Crippen LogP) is 16.3. The van der Waals surface area contributed by atoms with Crippen LogP contribution in [0.4, 0.5) is 14.7 Å². The van der Waals surface area contributed by atoms with Crippen molar-refractivity contribution in [2.75, 3.05) is 37.0 Å². The molecule has 0 amide bonds. The van der Waals surface area contributed by atoms with Gasteiger partial charge in [-0.25, -0.2) is 19.3 Å². The molecule has 7 aromatic heterocycles. The fraction of sp³-hybridized carbons (Fsp3) is 0.389. The molecule has 90 heavy (non-hydrogen) atoms. The zero-order chi connectivity index (χ0) is 63.2. The van der Waals surface area contributed by atoms with Gasteiger partial charge in [0.2, 0.25) is 0 Å². The molecule has 466 valence electrons. The first kappa shape index (κ1) is 61.4. The quantitative estimate of drug-likeness (QED) is 0.134. The van der Waals surface area contributed by atoms with Crippen LogP contribution in [0.25, 0.3) is 96.9 Å². The lowest BCUT2D eigenvalue weighted by Gasteiger charge is -2.49. The number of benzene rings is 5. The SMILES string of the molecule is CN(c1nc2ccc(-c3cc(F)c4nn(C)cc4c3)cc2s1)C1CC(C)(C)NC(C)(C)C1.Cc1cn2cc(-c3ccc4nc(N(C)C5CC(C)(C)NC(C)(C)C5)sc4c3)cc2c(C)n1.Cn1cc2cc(-c3ccc4nc(C5=CCCNCC5)sc4c3)ccc2n1. The minimum absolute atomic E-state index is 0.0829. The van der Waals surface area contributed by atoms with Crippen LogP contribution in [0.5, 0.6) is 0 Å². The summed E-state index contributed by atoms with van der Waals surface area (Å²) in [5, 5.41) is 24.9. The molecular weight excluding hydrogens is 1180 g/mol. The van der Waals surface area contributed by atoms with Crippen molar-refractivity contribution in [3.8, 4) is 33.4 Å². The third-order valence-corrected chi connectivity index (χ3v) is 21.2. The van der Waals surface area contributed by atoms with E-state index in [-0.39, 0.29) is 28.0 Å². The zero-order valence-corrected chi connectivity index (χ0v) is 56.8. The molecule has 10 heterocycles. The lowest BCUT2D eigenvalue weighted by Crippen LogP contribution is -2.61. The standard InChI is InChI=1S/C26H33N5S.C25H30FN5S.C21H20N4S/c1-16-14-31-15-19(10-22(31)17(2)27-16)18-8-9-21-23(11-18)32-24(28-21)30(7)20-12-25(3,4)29-26(5,6)13-20;1-24(2)12-18(13-25(3,4)29-24)31(6)23-27-20-8-7-15(11-21(20)32-23)16-9-17-14-30(5)28-22(17)19(26)10-16;1-25-13-17-11-15(4-6-18(17)24-25)16-5-7-19-20(12-16)26-21(23-19)14-3-2-9-22-10-8-14/h8-11,14-15,20,29H,12-13H2,1-7H3;7-11,14,18,29H,12-13H2,1-6H3;3-7,11-13,22H,2,8-10H2,1H3. The maximum atomic E-state index is 14.6. The molecule has 0 saturated carbocycles. The molecule has 0 bridgehead atoms. The van der Waals surface area contributed by atoms with Crippen LogP contribution in [0.1, 0.15) is 110 Å². The first-order valence-electron chi connectivity index (χ1n) is 31.5. The van der Waals surface area contributed by atoms with Gasteiger partial charge in [-0.15, -0.1) is 11.3 Å². The van der Waals surface area contributed by atoms with Crippen LogP contribution in [-0.2, 0) is 14.1 Å². The summed E-state index contributed by atoms with van der Waals surface area (Å²) in [7, 11) is 8.14. The van der Waals surface area contributed by atoms with Gasteiger partial charge in [-0.05, 0) is 221 Å². The van der Waals surface area contributed by atoms with E-state index in [4.69, 9.17) is 15.0 Å². The van der Waals surface area contributed by atoms with Crippen molar-refractivity contribution < 1.29 is 4.39 Å². The second kappa shape index (κ2) is 23.7. The first-order valence-corrected chi connectivity index (χ1v) is 33.9. The third kappa shape index (κ3) is 13.1. The zero-order valence-electron chi connectivity index (χ0n) is 54.4. The van der Waals surface area contributed by atoms with E-state index in [1.54, 1.807) is 44.8 Å². The number of fused-ring (bicyclic) bond motifs is 6. The fourth-order valence-corrected chi connectivity index (χ4v) is 17.6. The fourth-order valence-electron chi connectivity index (χ4n) is 14.4. The number of thiazole rings is 3. The summed E-state index contributed by atoms with van der Waals surface area (Å²) in [6.45, 7) is 24.5. The van der Waals surface area contributed by atoms with Gasteiger partial charge in [-0.3, -0.25) is 14.3 Å². The molecule has 0 unspecified atom stereocenters. The summed E-state index contributed by atoms with van der Waals surface area (Å²) in [4.78, 5) is 24.1. The van der Waals surface area contributed by atoms with Crippen molar-refractivity contribution in [1.29, 1.82) is 0 Å². The van der Waals surface area contributed by atoms with Gasteiger partial charge in [0.1, 0.15) is 10.5 Å². The Bertz CT molecular complexity index is 4670. The van der Waals surface area contributed by atoms with Gasteiger partial charge in [-0.2, -0.15) is 10.2 Å². The third-order valence-electron chi connectivity index (χ3n) is 17.9. The molecule has 2 saturated heterocycles. The number of piperidine rings is 2. The number of nitrogens with zero attached hydrogens (tertiary/aromatic N) is 11. The number of hydrogen-bond donors (Lipinski definition) is 3. The van der Waals surface area contributed by atoms with Gasteiger partial charge in [0.25, 0.3) is 0 Å². The highest BCUT2D eigenvalue weighted by Crippen LogP contribution is 2.41. The largest absolute Gasteiger partial charge is 0.348 e. The molecule has 0 radical (unpaired) electrons. The van der Waals surface area contributed by atoms with E-state index in [1.165, 1.54) is 47.6 Å². The van der Waals surface area contributed by atoms with Crippen molar-refractivity contribution in [3.05, 3.63) is 144 Å². The van der Waals surface area contributed by atoms with Crippen LogP contribution in [0, 0.1) is 19.7 Å². The molecular formula is C72H83FN14S3. The molecule has 14 nitrogen and oxygen atoms in total. The van der Waals surface area contributed by atoms with Gasteiger partial charge in [0, 0.05) is 104 Å². The van der Waals surface area contributed by atoms with Crippen LogP contribution in [0.3, 0.4) is 0 Å². The Morgan fingerprint density at radius 2 is 1.02 bits per heavy atom. The van der Waals surface area contributed by atoms with E-state index in [2.05, 4.69) is 213 Å². The van der Waals surface area contributed by atoms with Crippen LogP contribution < -0.4 is 25.8 Å². The molecule has 3 aliphatic rings. The molecule has 2 fully saturated rings. The number of hydrogen-bond acceptors (Lipinski definition) is 14.